The zero-order valence-electron chi connectivity index (χ0n) is 9.57. The van der Waals surface area contributed by atoms with E-state index < -0.39 is 0 Å². The first-order valence-electron chi connectivity index (χ1n) is 5.77. The Balaban J connectivity index is 2.05. The van der Waals surface area contributed by atoms with Crippen LogP contribution >= 0.6 is 11.8 Å². The minimum absolute atomic E-state index is 0.132. The number of furan rings is 1. The van der Waals surface area contributed by atoms with Crippen molar-refractivity contribution in [3.8, 4) is 0 Å². The number of hydrogen-bond acceptors (Lipinski definition) is 3. The lowest BCUT2D eigenvalue weighted by molar-refractivity contribution is 0.520. The molecular formula is C13H14FNOS. The van der Waals surface area contributed by atoms with Crippen LogP contribution in [0.1, 0.15) is 17.7 Å². The smallest absolute Gasteiger partial charge is 0.134 e. The third-order valence-corrected chi connectivity index (χ3v) is 4.66. The molecule has 0 amide bonds. The van der Waals surface area contributed by atoms with Crippen molar-refractivity contribution in [2.45, 2.75) is 18.2 Å². The number of benzene rings is 1. The second-order valence-corrected chi connectivity index (χ2v) is 5.62. The molecule has 0 spiro atoms. The van der Waals surface area contributed by atoms with Gasteiger partial charge in [0.15, 0.2) is 0 Å². The largest absolute Gasteiger partial charge is 0.464 e. The van der Waals surface area contributed by atoms with Crippen molar-refractivity contribution >= 4 is 22.7 Å². The number of nitrogens with one attached hydrogen (secondary N) is 1. The molecule has 3 rings (SSSR count). The Kier molecular flexibility index (Phi) is 2.84. The lowest BCUT2D eigenvalue weighted by atomic mass is 10.0. The zero-order valence-corrected chi connectivity index (χ0v) is 10.4. The molecule has 1 aliphatic heterocycles. The highest BCUT2D eigenvalue weighted by Crippen LogP contribution is 2.37. The van der Waals surface area contributed by atoms with Crippen LogP contribution in [0.15, 0.2) is 28.9 Å². The maximum Gasteiger partial charge on any atom is 0.134 e. The summed E-state index contributed by atoms with van der Waals surface area (Å²) in [6.45, 7) is 3.09. The van der Waals surface area contributed by atoms with Gasteiger partial charge in [0.25, 0.3) is 0 Å². The first kappa shape index (κ1) is 11.1. The number of rotatable bonds is 1. The molecule has 1 aliphatic rings. The lowest BCUT2D eigenvalue weighted by Crippen LogP contribution is -2.37. The minimum atomic E-state index is -0.132. The summed E-state index contributed by atoms with van der Waals surface area (Å²) in [6, 6.07) is 5.48. The van der Waals surface area contributed by atoms with Crippen LogP contribution in [0.3, 0.4) is 0 Å². The molecule has 1 saturated heterocycles. The van der Waals surface area contributed by atoms with Crippen molar-refractivity contribution < 1.29 is 8.81 Å². The number of halogens is 1. The van der Waals surface area contributed by atoms with E-state index in [1.54, 1.807) is 30.2 Å². The van der Waals surface area contributed by atoms with Gasteiger partial charge in [-0.2, -0.15) is 11.8 Å². The van der Waals surface area contributed by atoms with Crippen LogP contribution < -0.4 is 5.32 Å². The average molecular weight is 251 g/mol. The van der Waals surface area contributed by atoms with Crippen molar-refractivity contribution in [3.63, 3.8) is 0 Å². The predicted molar refractivity (Wildman–Crippen MR) is 68.8 cm³/mol. The van der Waals surface area contributed by atoms with Crippen molar-refractivity contribution in [3.05, 3.63) is 35.8 Å². The molecule has 0 aliphatic carbocycles. The minimum Gasteiger partial charge on any atom is -0.464 e. The molecule has 2 heterocycles. The maximum atomic E-state index is 14.1. The third kappa shape index (κ3) is 1.96. The molecule has 2 atom stereocenters. The van der Waals surface area contributed by atoms with Crippen LogP contribution in [0, 0.1) is 5.82 Å². The summed E-state index contributed by atoms with van der Waals surface area (Å²) in [5.74, 6) is 0.886. The molecule has 1 N–H and O–H groups in total. The van der Waals surface area contributed by atoms with Crippen molar-refractivity contribution in [1.82, 2.24) is 5.32 Å². The van der Waals surface area contributed by atoms with Crippen LogP contribution in [0.4, 0.5) is 4.39 Å². The monoisotopic (exact) mass is 251 g/mol. The van der Waals surface area contributed by atoms with Crippen molar-refractivity contribution in [2.75, 3.05) is 12.3 Å². The first-order chi connectivity index (χ1) is 8.25. The number of thioether (sulfide) groups is 1. The molecule has 2 aromatic rings. The van der Waals surface area contributed by atoms with Crippen molar-refractivity contribution in [1.29, 1.82) is 0 Å². The standard InChI is InChI=1S/C13H14FNOS/c1-8-13(17-5-3-15-8)10-7-12-9(2-4-16-12)6-11(10)14/h2,4,6-8,13,15H,3,5H2,1H3. The SMILES string of the molecule is CC1NCCSC1c1cc2occc2cc1F. The van der Waals surface area contributed by atoms with E-state index in [2.05, 4.69) is 12.2 Å². The molecule has 2 nitrogen and oxygen atoms in total. The fourth-order valence-electron chi connectivity index (χ4n) is 2.30. The highest BCUT2D eigenvalue weighted by molar-refractivity contribution is 7.99. The second kappa shape index (κ2) is 4.35. The molecule has 4 heteroatoms. The topological polar surface area (TPSA) is 25.2 Å². The summed E-state index contributed by atoms with van der Waals surface area (Å²) in [5, 5.41) is 4.37. The van der Waals surface area contributed by atoms with Gasteiger partial charge in [0, 0.05) is 34.5 Å². The van der Waals surface area contributed by atoms with E-state index >= 15 is 0 Å². The second-order valence-electron chi connectivity index (χ2n) is 4.37. The van der Waals surface area contributed by atoms with E-state index in [9.17, 15) is 4.39 Å². The highest BCUT2D eigenvalue weighted by Gasteiger charge is 2.26. The molecule has 1 aromatic carbocycles. The fraction of sp³-hybridized carbons (Fsp3) is 0.385. The van der Waals surface area contributed by atoms with Crippen LogP contribution in [-0.4, -0.2) is 18.3 Å². The van der Waals surface area contributed by atoms with Gasteiger partial charge in [0.2, 0.25) is 0 Å². The molecule has 2 unspecified atom stereocenters. The van der Waals surface area contributed by atoms with Gasteiger partial charge >= 0.3 is 0 Å². The van der Waals surface area contributed by atoms with E-state index in [1.807, 2.05) is 6.07 Å². The first-order valence-corrected chi connectivity index (χ1v) is 6.82. The average Bonchev–Trinajstić information content (AvgIpc) is 2.76. The van der Waals surface area contributed by atoms with Gasteiger partial charge in [-0.15, -0.1) is 0 Å². The van der Waals surface area contributed by atoms with Crippen LogP contribution in [-0.2, 0) is 0 Å². The summed E-state index contributed by atoms with van der Waals surface area (Å²) in [6.07, 6.45) is 1.60. The quantitative estimate of drug-likeness (QED) is 0.841. The number of hydrogen-bond donors (Lipinski definition) is 1. The Morgan fingerprint density at radius 1 is 1.47 bits per heavy atom. The summed E-state index contributed by atoms with van der Waals surface area (Å²) < 4.78 is 19.4. The Labute approximate surface area is 104 Å². The Hall–Kier alpha value is -1.00. The van der Waals surface area contributed by atoms with Crippen LogP contribution in [0.2, 0.25) is 0 Å². The molecule has 17 heavy (non-hydrogen) atoms. The fourth-order valence-corrected chi connectivity index (χ4v) is 3.53. The molecule has 1 fully saturated rings. The Morgan fingerprint density at radius 2 is 2.35 bits per heavy atom. The summed E-state index contributed by atoms with van der Waals surface area (Å²) >= 11 is 1.81. The zero-order chi connectivity index (χ0) is 11.8. The Bertz CT molecular complexity index is 539. The van der Waals surface area contributed by atoms with Crippen LogP contribution in [0.5, 0.6) is 0 Å². The van der Waals surface area contributed by atoms with E-state index in [-0.39, 0.29) is 17.1 Å². The summed E-state index contributed by atoms with van der Waals surface area (Å²) in [7, 11) is 0. The maximum absolute atomic E-state index is 14.1. The lowest BCUT2D eigenvalue weighted by Gasteiger charge is -2.30. The molecule has 0 bridgehead atoms. The van der Waals surface area contributed by atoms with Crippen molar-refractivity contribution in [2.24, 2.45) is 0 Å². The Morgan fingerprint density at radius 3 is 3.18 bits per heavy atom. The van der Waals surface area contributed by atoms with E-state index in [4.69, 9.17) is 4.42 Å². The van der Waals surface area contributed by atoms with Gasteiger partial charge in [0.1, 0.15) is 11.4 Å². The van der Waals surface area contributed by atoms with E-state index in [0.29, 0.717) is 0 Å². The molecule has 0 radical (unpaired) electrons. The summed E-state index contributed by atoms with van der Waals surface area (Å²) in [4.78, 5) is 0. The van der Waals surface area contributed by atoms with Gasteiger partial charge < -0.3 is 9.73 Å². The molecule has 90 valence electrons. The van der Waals surface area contributed by atoms with Gasteiger partial charge in [-0.1, -0.05) is 0 Å². The third-order valence-electron chi connectivity index (χ3n) is 3.20. The molecule has 1 aromatic heterocycles. The van der Waals surface area contributed by atoms with E-state index in [0.717, 1.165) is 28.8 Å². The van der Waals surface area contributed by atoms with Crippen LogP contribution in [0.25, 0.3) is 11.0 Å². The van der Waals surface area contributed by atoms with Gasteiger partial charge in [-0.3, -0.25) is 0 Å². The normalized spacial score (nSPS) is 25.3. The predicted octanol–water partition coefficient (Wildman–Crippen LogP) is 3.34. The van der Waals surface area contributed by atoms with Gasteiger partial charge in [-0.05, 0) is 25.1 Å². The van der Waals surface area contributed by atoms with Gasteiger partial charge in [-0.25, -0.2) is 4.39 Å². The summed E-state index contributed by atoms with van der Waals surface area (Å²) in [5.41, 5.74) is 1.51. The number of fused-ring (bicyclic) bond motifs is 1. The highest BCUT2D eigenvalue weighted by atomic mass is 32.2. The van der Waals surface area contributed by atoms with Gasteiger partial charge in [0.05, 0.1) is 6.26 Å². The molecular weight excluding hydrogens is 237 g/mol. The molecule has 0 saturated carbocycles. The van der Waals surface area contributed by atoms with E-state index in [1.165, 1.54) is 0 Å².